The molecule has 1 aliphatic heterocycles. The zero-order valence-corrected chi connectivity index (χ0v) is 16.9. The number of carbonyl (C=O) groups excluding carboxylic acids is 1. The molecule has 1 aliphatic rings. The number of para-hydroxylation sites is 1. The van der Waals surface area contributed by atoms with Crippen molar-refractivity contribution in [3.05, 3.63) is 59.5 Å². The van der Waals surface area contributed by atoms with E-state index in [0.717, 1.165) is 16.6 Å². The Balaban J connectivity index is 1.48. The Kier molecular flexibility index (Phi) is 5.15. The molecule has 2 aromatic heterocycles. The zero-order chi connectivity index (χ0) is 20.5. The van der Waals surface area contributed by atoms with Crippen LogP contribution in [0.5, 0.6) is 0 Å². The van der Waals surface area contributed by atoms with Crippen LogP contribution in [0, 0.1) is 12.8 Å². The molecular formula is C22H25N5O2. The number of aliphatic hydroxyl groups is 1. The molecule has 2 atom stereocenters. The summed E-state index contributed by atoms with van der Waals surface area (Å²) in [5.74, 6) is 0.386. The molecule has 0 radical (unpaired) electrons. The van der Waals surface area contributed by atoms with Gasteiger partial charge in [-0.05, 0) is 25.5 Å². The van der Waals surface area contributed by atoms with E-state index >= 15 is 0 Å². The van der Waals surface area contributed by atoms with E-state index in [4.69, 9.17) is 4.98 Å². The average Bonchev–Trinajstić information content (AvgIpc) is 3.07. The number of rotatable bonds is 4. The number of hydrogen-bond donors (Lipinski definition) is 1. The first kappa shape index (κ1) is 19.3. The van der Waals surface area contributed by atoms with Gasteiger partial charge in [-0.3, -0.25) is 9.78 Å². The summed E-state index contributed by atoms with van der Waals surface area (Å²) < 4.78 is 0. The Bertz CT molecular complexity index is 1050. The van der Waals surface area contributed by atoms with E-state index in [0.29, 0.717) is 36.7 Å². The monoisotopic (exact) mass is 391 g/mol. The number of likely N-dealkylation sites (tertiary alicyclic amines) is 1. The minimum Gasteiger partial charge on any atom is -0.391 e. The van der Waals surface area contributed by atoms with Crippen molar-refractivity contribution in [2.75, 3.05) is 32.1 Å². The summed E-state index contributed by atoms with van der Waals surface area (Å²) in [6.45, 7) is 2.61. The second-order valence-electron chi connectivity index (χ2n) is 7.80. The molecule has 0 unspecified atom stereocenters. The highest BCUT2D eigenvalue weighted by Gasteiger charge is 2.35. The largest absolute Gasteiger partial charge is 0.391 e. The Morgan fingerprint density at radius 3 is 2.72 bits per heavy atom. The highest BCUT2D eigenvalue weighted by Crippen LogP contribution is 2.24. The number of amides is 1. The van der Waals surface area contributed by atoms with Crippen LogP contribution in [-0.4, -0.2) is 64.2 Å². The highest BCUT2D eigenvalue weighted by atomic mass is 16.3. The SMILES string of the molecule is Cc1nc(N(C)C)ncc1C(=O)N1C[C@@H](Cc2ccc3ccccc3n2)[C@H](O)C1. The number of aliphatic hydroxyl groups excluding tert-OH is 1. The minimum absolute atomic E-state index is 0.0464. The maximum Gasteiger partial charge on any atom is 0.257 e. The average molecular weight is 391 g/mol. The molecule has 0 saturated carbocycles. The van der Waals surface area contributed by atoms with Crippen molar-refractivity contribution in [1.29, 1.82) is 0 Å². The van der Waals surface area contributed by atoms with Crippen LogP contribution in [0.1, 0.15) is 21.7 Å². The van der Waals surface area contributed by atoms with E-state index in [2.05, 4.69) is 16.0 Å². The van der Waals surface area contributed by atoms with E-state index in [1.807, 2.05) is 51.4 Å². The molecule has 4 rings (SSSR count). The number of anilines is 1. The van der Waals surface area contributed by atoms with Crippen molar-refractivity contribution < 1.29 is 9.90 Å². The number of benzene rings is 1. The van der Waals surface area contributed by atoms with Gasteiger partial charge in [0.25, 0.3) is 5.91 Å². The van der Waals surface area contributed by atoms with Gasteiger partial charge >= 0.3 is 0 Å². The fourth-order valence-corrected chi connectivity index (χ4v) is 3.76. The summed E-state index contributed by atoms with van der Waals surface area (Å²) in [7, 11) is 3.72. The normalized spacial score (nSPS) is 19.0. The summed E-state index contributed by atoms with van der Waals surface area (Å²) in [6.07, 6.45) is 1.63. The van der Waals surface area contributed by atoms with Gasteiger partial charge < -0.3 is 14.9 Å². The topological polar surface area (TPSA) is 82.5 Å². The maximum atomic E-state index is 13.0. The Labute approximate surface area is 170 Å². The van der Waals surface area contributed by atoms with Crippen molar-refractivity contribution in [3.63, 3.8) is 0 Å². The number of carbonyl (C=O) groups is 1. The summed E-state index contributed by atoms with van der Waals surface area (Å²) in [4.78, 5) is 29.8. The van der Waals surface area contributed by atoms with Crippen molar-refractivity contribution >= 4 is 22.8 Å². The predicted molar refractivity (Wildman–Crippen MR) is 112 cm³/mol. The molecule has 1 saturated heterocycles. The van der Waals surface area contributed by atoms with Gasteiger partial charge in [-0.2, -0.15) is 0 Å². The summed E-state index contributed by atoms with van der Waals surface area (Å²) in [6, 6.07) is 12.0. The number of aromatic nitrogens is 3. The fourth-order valence-electron chi connectivity index (χ4n) is 3.76. The third-order valence-electron chi connectivity index (χ3n) is 5.42. The summed E-state index contributed by atoms with van der Waals surface area (Å²) in [5, 5.41) is 11.7. The van der Waals surface area contributed by atoms with Crippen molar-refractivity contribution in [2.45, 2.75) is 19.4 Å². The van der Waals surface area contributed by atoms with Crippen LogP contribution in [0.4, 0.5) is 5.95 Å². The lowest BCUT2D eigenvalue weighted by molar-refractivity contribution is 0.0763. The van der Waals surface area contributed by atoms with Gasteiger partial charge in [0.1, 0.15) is 0 Å². The Hall–Kier alpha value is -3.06. The molecule has 7 heteroatoms. The molecule has 1 fully saturated rings. The standard InChI is InChI=1S/C22H25N5O2/c1-14-18(11-23-22(24-14)26(2)3)21(29)27-12-16(20(28)13-27)10-17-9-8-15-6-4-5-7-19(15)25-17/h4-9,11,16,20,28H,10,12-13H2,1-3H3/t16-,20-/m1/s1. The number of β-amino-alcohol motifs (C(OH)–C–C–N with tert-alkyl or cyclic N) is 1. The number of fused-ring (bicyclic) bond motifs is 1. The molecule has 1 N–H and O–H groups in total. The van der Waals surface area contributed by atoms with E-state index in [9.17, 15) is 9.90 Å². The molecule has 29 heavy (non-hydrogen) atoms. The van der Waals surface area contributed by atoms with Crippen molar-refractivity contribution in [3.8, 4) is 0 Å². The molecule has 150 valence electrons. The number of hydrogen-bond acceptors (Lipinski definition) is 6. The van der Waals surface area contributed by atoms with Crippen LogP contribution in [0.3, 0.4) is 0 Å². The molecule has 0 aliphatic carbocycles. The zero-order valence-electron chi connectivity index (χ0n) is 16.9. The number of nitrogens with zero attached hydrogens (tertiary/aromatic N) is 5. The molecule has 0 spiro atoms. The molecule has 0 bridgehead atoms. The van der Waals surface area contributed by atoms with Crippen molar-refractivity contribution in [2.24, 2.45) is 5.92 Å². The molecule has 3 aromatic rings. The Morgan fingerprint density at radius 2 is 1.97 bits per heavy atom. The van der Waals surface area contributed by atoms with Crippen LogP contribution < -0.4 is 4.90 Å². The van der Waals surface area contributed by atoms with Crippen LogP contribution in [0.25, 0.3) is 10.9 Å². The lowest BCUT2D eigenvalue weighted by Gasteiger charge is -2.18. The maximum absolute atomic E-state index is 13.0. The number of aryl methyl sites for hydroxylation is 1. The Morgan fingerprint density at radius 1 is 1.17 bits per heavy atom. The molecule has 3 heterocycles. The van der Waals surface area contributed by atoms with Gasteiger partial charge in [-0.1, -0.05) is 24.3 Å². The minimum atomic E-state index is -0.575. The highest BCUT2D eigenvalue weighted by molar-refractivity contribution is 5.95. The van der Waals surface area contributed by atoms with Crippen LogP contribution in [-0.2, 0) is 6.42 Å². The van der Waals surface area contributed by atoms with Gasteiger partial charge in [-0.15, -0.1) is 0 Å². The van der Waals surface area contributed by atoms with Gasteiger partial charge in [0.05, 0.1) is 22.9 Å². The first-order chi connectivity index (χ1) is 13.9. The van der Waals surface area contributed by atoms with Crippen LogP contribution in [0.15, 0.2) is 42.6 Å². The lowest BCUT2D eigenvalue weighted by Crippen LogP contribution is -2.30. The van der Waals surface area contributed by atoms with E-state index in [-0.39, 0.29) is 11.8 Å². The summed E-state index contributed by atoms with van der Waals surface area (Å²) >= 11 is 0. The van der Waals surface area contributed by atoms with Gasteiger partial charge in [0, 0.05) is 50.4 Å². The second kappa shape index (κ2) is 7.75. The first-order valence-corrected chi connectivity index (χ1v) is 9.75. The molecular weight excluding hydrogens is 366 g/mol. The van der Waals surface area contributed by atoms with Gasteiger partial charge in [0.15, 0.2) is 0 Å². The van der Waals surface area contributed by atoms with Gasteiger partial charge in [-0.25, -0.2) is 9.97 Å². The van der Waals surface area contributed by atoms with Crippen molar-refractivity contribution in [1.82, 2.24) is 19.9 Å². The number of pyridine rings is 1. The van der Waals surface area contributed by atoms with E-state index in [1.54, 1.807) is 16.0 Å². The second-order valence-corrected chi connectivity index (χ2v) is 7.80. The summed E-state index contributed by atoms with van der Waals surface area (Å²) in [5.41, 5.74) is 2.99. The molecule has 1 amide bonds. The molecule has 1 aromatic carbocycles. The van der Waals surface area contributed by atoms with E-state index < -0.39 is 6.10 Å². The third kappa shape index (κ3) is 3.91. The fraction of sp³-hybridized carbons (Fsp3) is 0.364. The quantitative estimate of drug-likeness (QED) is 0.733. The predicted octanol–water partition coefficient (Wildman–Crippen LogP) is 2.07. The van der Waals surface area contributed by atoms with Crippen LogP contribution in [0.2, 0.25) is 0 Å². The lowest BCUT2D eigenvalue weighted by atomic mass is 9.99. The third-order valence-corrected chi connectivity index (χ3v) is 5.42. The van der Waals surface area contributed by atoms with E-state index in [1.165, 1.54) is 0 Å². The van der Waals surface area contributed by atoms with Crippen LogP contribution >= 0.6 is 0 Å². The smallest absolute Gasteiger partial charge is 0.257 e. The molecule has 7 nitrogen and oxygen atoms in total. The van der Waals surface area contributed by atoms with Gasteiger partial charge in [0.2, 0.25) is 5.95 Å². The first-order valence-electron chi connectivity index (χ1n) is 9.75.